The van der Waals surface area contributed by atoms with Gasteiger partial charge in [-0.15, -0.1) is 0 Å². The van der Waals surface area contributed by atoms with Crippen LogP contribution < -0.4 is 11.1 Å². The van der Waals surface area contributed by atoms with Gasteiger partial charge >= 0.3 is 5.97 Å². The fraction of sp³-hybridized carbons (Fsp3) is 0.167. The van der Waals surface area contributed by atoms with Crippen molar-refractivity contribution in [3.8, 4) is 11.3 Å². The molecule has 2 aromatic carbocycles. The third-order valence-electron chi connectivity index (χ3n) is 4.97. The Bertz CT molecular complexity index is 1280. The zero-order valence-electron chi connectivity index (χ0n) is 17.6. The van der Waals surface area contributed by atoms with Crippen LogP contribution in [0.2, 0.25) is 0 Å². The lowest BCUT2D eigenvalue weighted by Crippen LogP contribution is -2.17. The van der Waals surface area contributed by atoms with E-state index in [2.05, 4.69) is 15.4 Å². The summed E-state index contributed by atoms with van der Waals surface area (Å²) in [4.78, 5) is 29.5. The first-order chi connectivity index (χ1) is 15.6. The van der Waals surface area contributed by atoms with Crippen molar-refractivity contribution in [2.24, 2.45) is 5.73 Å². The maximum Gasteiger partial charge on any atom is 0.310 e. The van der Waals surface area contributed by atoms with Gasteiger partial charge in [-0.25, -0.2) is 9.50 Å². The zero-order chi connectivity index (χ0) is 22.5. The molecule has 0 fully saturated rings. The maximum absolute atomic E-state index is 13.3. The van der Waals surface area contributed by atoms with Gasteiger partial charge in [0.15, 0.2) is 5.65 Å². The lowest BCUT2D eigenvalue weighted by molar-refractivity contribution is -0.142. The standard InChI is InChI=1S/C24H23N5O3/c1-2-32-22(30)13-18-7-3-4-9-20(18)27-24(31)19-14-21(28-29-11-10-26-23(19)29)17-8-5-6-16(12-17)15-25/h3-12,14H,2,13,15,25H2,1H3,(H,27,31). The molecule has 2 aromatic heterocycles. The first-order valence-electron chi connectivity index (χ1n) is 10.3. The SMILES string of the molecule is CCOC(=O)Cc1ccccc1NC(=O)c1cc(-c2cccc(CN)c2)nn2ccnc12. The van der Waals surface area contributed by atoms with Crippen LogP contribution in [0.3, 0.4) is 0 Å². The molecule has 3 N–H and O–H groups in total. The second-order valence-electron chi connectivity index (χ2n) is 7.14. The molecule has 0 aliphatic heterocycles. The Kier molecular flexibility index (Phi) is 6.23. The van der Waals surface area contributed by atoms with E-state index in [0.29, 0.717) is 41.3 Å². The molecule has 0 aliphatic rings. The minimum absolute atomic E-state index is 0.0660. The van der Waals surface area contributed by atoms with Gasteiger partial charge in [0.2, 0.25) is 0 Å². The normalized spacial score (nSPS) is 10.8. The van der Waals surface area contributed by atoms with Crippen molar-refractivity contribution in [1.82, 2.24) is 14.6 Å². The van der Waals surface area contributed by atoms with E-state index in [1.165, 1.54) is 0 Å². The van der Waals surface area contributed by atoms with E-state index in [1.807, 2.05) is 30.3 Å². The largest absolute Gasteiger partial charge is 0.466 e. The molecule has 0 aliphatic carbocycles. The molecule has 0 atom stereocenters. The van der Waals surface area contributed by atoms with Gasteiger partial charge in [0.05, 0.1) is 24.3 Å². The number of rotatable bonds is 7. The van der Waals surface area contributed by atoms with Crippen LogP contribution in [-0.4, -0.2) is 33.1 Å². The maximum atomic E-state index is 13.3. The number of ether oxygens (including phenoxy) is 1. The Labute approximate surface area is 185 Å². The van der Waals surface area contributed by atoms with E-state index in [9.17, 15) is 9.59 Å². The highest BCUT2D eigenvalue weighted by Crippen LogP contribution is 2.23. The number of hydrogen-bond acceptors (Lipinski definition) is 6. The van der Waals surface area contributed by atoms with E-state index < -0.39 is 0 Å². The Morgan fingerprint density at radius 1 is 1.12 bits per heavy atom. The van der Waals surface area contributed by atoms with E-state index >= 15 is 0 Å². The molecule has 0 bridgehead atoms. The molecule has 32 heavy (non-hydrogen) atoms. The smallest absolute Gasteiger partial charge is 0.310 e. The van der Waals surface area contributed by atoms with Crippen LogP contribution in [0.1, 0.15) is 28.4 Å². The van der Waals surface area contributed by atoms with Gasteiger partial charge in [-0.3, -0.25) is 9.59 Å². The molecule has 0 radical (unpaired) electrons. The number of carbonyl (C=O) groups excluding carboxylic acids is 2. The summed E-state index contributed by atoms with van der Waals surface area (Å²) in [7, 11) is 0. The molecular formula is C24H23N5O3. The van der Waals surface area contributed by atoms with Crippen molar-refractivity contribution in [2.45, 2.75) is 19.9 Å². The molecule has 0 saturated carbocycles. The minimum atomic E-state index is -0.351. The Morgan fingerprint density at radius 3 is 2.78 bits per heavy atom. The molecule has 4 aromatic rings. The number of para-hydroxylation sites is 1. The van der Waals surface area contributed by atoms with Crippen LogP contribution in [0.25, 0.3) is 16.9 Å². The highest BCUT2D eigenvalue weighted by Gasteiger charge is 2.18. The zero-order valence-corrected chi connectivity index (χ0v) is 17.6. The number of hydrogen-bond donors (Lipinski definition) is 2. The Balaban J connectivity index is 1.69. The van der Waals surface area contributed by atoms with Crippen LogP contribution in [0.5, 0.6) is 0 Å². The summed E-state index contributed by atoms with van der Waals surface area (Å²) in [5.41, 5.74) is 10.2. The highest BCUT2D eigenvalue weighted by atomic mass is 16.5. The molecule has 0 spiro atoms. The predicted molar refractivity (Wildman–Crippen MR) is 121 cm³/mol. The number of aromatic nitrogens is 3. The lowest BCUT2D eigenvalue weighted by atomic mass is 10.1. The number of fused-ring (bicyclic) bond motifs is 1. The van der Waals surface area contributed by atoms with E-state index in [4.69, 9.17) is 10.5 Å². The molecule has 2 heterocycles. The molecule has 162 valence electrons. The fourth-order valence-corrected chi connectivity index (χ4v) is 3.44. The molecule has 0 saturated heterocycles. The molecule has 8 heteroatoms. The van der Waals surface area contributed by atoms with Crippen LogP contribution in [-0.2, 0) is 22.5 Å². The summed E-state index contributed by atoms with van der Waals surface area (Å²) in [6.07, 6.45) is 3.35. The van der Waals surface area contributed by atoms with Crippen LogP contribution >= 0.6 is 0 Å². The van der Waals surface area contributed by atoms with Gasteiger partial charge in [0.25, 0.3) is 5.91 Å². The second kappa shape index (κ2) is 9.40. The fourth-order valence-electron chi connectivity index (χ4n) is 3.44. The van der Waals surface area contributed by atoms with Gasteiger partial charge in [0, 0.05) is 30.2 Å². The summed E-state index contributed by atoms with van der Waals surface area (Å²) in [6, 6.07) is 16.6. The Hall–Kier alpha value is -4.04. The van der Waals surface area contributed by atoms with E-state index in [0.717, 1.165) is 11.1 Å². The predicted octanol–water partition coefficient (Wildman–Crippen LogP) is 3.21. The number of anilines is 1. The molecular weight excluding hydrogens is 406 g/mol. The van der Waals surface area contributed by atoms with E-state index in [-0.39, 0.29) is 18.3 Å². The van der Waals surface area contributed by atoms with Crippen LogP contribution in [0.15, 0.2) is 67.0 Å². The number of carbonyl (C=O) groups is 2. The number of esters is 1. The number of nitrogens with one attached hydrogen (secondary N) is 1. The van der Waals surface area contributed by atoms with Crippen LogP contribution in [0.4, 0.5) is 5.69 Å². The number of nitrogens with two attached hydrogens (primary N) is 1. The topological polar surface area (TPSA) is 112 Å². The van der Waals surface area contributed by atoms with Gasteiger partial charge in [-0.05, 0) is 36.2 Å². The van der Waals surface area contributed by atoms with Crippen molar-refractivity contribution < 1.29 is 14.3 Å². The molecule has 4 rings (SSSR count). The number of nitrogens with zero attached hydrogens (tertiary/aromatic N) is 3. The van der Waals surface area contributed by atoms with Crippen molar-refractivity contribution in [2.75, 3.05) is 11.9 Å². The Morgan fingerprint density at radius 2 is 1.97 bits per heavy atom. The summed E-state index contributed by atoms with van der Waals surface area (Å²) >= 11 is 0. The molecule has 0 unspecified atom stereocenters. The highest BCUT2D eigenvalue weighted by molar-refractivity contribution is 6.09. The third-order valence-corrected chi connectivity index (χ3v) is 4.97. The van der Waals surface area contributed by atoms with Gasteiger partial charge < -0.3 is 15.8 Å². The van der Waals surface area contributed by atoms with Gasteiger partial charge in [-0.1, -0.05) is 36.4 Å². The quantitative estimate of drug-likeness (QED) is 0.436. The van der Waals surface area contributed by atoms with Crippen molar-refractivity contribution in [3.63, 3.8) is 0 Å². The molecule has 8 nitrogen and oxygen atoms in total. The number of imidazole rings is 1. The van der Waals surface area contributed by atoms with Crippen LogP contribution in [0, 0.1) is 0 Å². The third kappa shape index (κ3) is 4.50. The van der Waals surface area contributed by atoms with Crippen molar-refractivity contribution in [1.29, 1.82) is 0 Å². The summed E-state index contributed by atoms with van der Waals surface area (Å²) in [5, 5.41) is 7.49. The van der Waals surface area contributed by atoms with Gasteiger partial charge in [-0.2, -0.15) is 5.10 Å². The number of amides is 1. The van der Waals surface area contributed by atoms with Crippen molar-refractivity contribution >= 4 is 23.2 Å². The second-order valence-corrected chi connectivity index (χ2v) is 7.14. The number of benzene rings is 2. The summed E-state index contributed by atoms with van der Waals surface area (Å²) < 4.78 is 6.61. The minimum Gasteiger partial charge on any atom is -0.466 e. The first-order valence-corrected chi connectivity index (χ1v) is 10.3. The monoisotopic (exact) mass is 429 g/mol. The first kappa shape index (κ1) is 21.2. The average molecular weight is 429 g/mol. The summed E-state index contributed by atoms with van der Waals surface area (Å²) in [6.45, 7) is 2.47. The van der Waals surface area contributed by atoms with Gasteiger partial charge in [0.1, 0.15) is 0 Å². The van der Waals surface area contributed by atoms with Crippen molar-refractivity contribution in [3.05, 3.63) is 83.7 Å². The molecule has 1 amide bonds. The lowest BCUT2D eigenvalue weighted by Gasteiger charge is -2.12. The van der Waals surface area contributed by atoms with E-state index in [1.54, 1.807) is 48.1 Å². The summed E-state index contributed by atoms with van der Waals surface area (Å²) in [5.74, 6) is -0.702. The average Bonchev–Trinajstić information content (AvgIpc) is 3.28.